The molecule has 1 aliphatic rings. The molecule has 2 atom stereocenters. The van der Waals surface area contributed by atoms with E-state index < -0.39 is 5.92 Å². The van der Waals surface area contributed by atoms with Crippen LogP contribution in [0.2, 0.25) is 0 Å². The zero-order valence-corrected chi connectivity index (χ0v) is 15.0. The standard InChI is InChI=1S/C15H17BrN2O3S/c1-4-21-14(19)12-8(2)17-15(22)18-13(12)10-7-9(20-3)5-6-11(10)16/h5-7,12-13H,4H2,1-3H3,(H,18,22). The Morgan fingerprint density at radius 1 is 1.50 bits per heavy atom. The lowest BCUT2D eigenvalue weighted by Gasteiger charge is -2.31. The van der Waals surface area contributed by atoms with E-state index in [1.165, 1.54) is 0 Å². The molecule has 0 saturated heterocycles. The quantitative estimate of drug-likeness (QED) is 0.638. The number of thiocarbonyl (C=S) groups is 1. The molecule has 5 nitrogen and oxygen atoms in total. The van der Waals surface area contributed by atoms with Crippen molar-refractivity contribution < 1.29 is 14.3 Å². The second-order valence-electron chi connectivity index (χ2n) is 4.80. The third-order valence-electron chi connectivity index (χ3n) is 3.42. The van der Waals surface area contributed by atoms with Crippen LogP contribution in [0.15, 0.2) is 27.7 Å². The van der Waals surface area contributed by atoms with Gasteiger partial charge in [0.2, 0.25) is 0 Å². The van der Waals surface area contributed by atoms with Crippen molar-refractivity contribution in [3.63, 3.8) is 0 Å². The molecule has 1 aromatic carbocycles. The molecule has 1 aliphatic heterocycles. The molecule has 0 radical (unpaired) electrons. The number of ether oxygens (including phenoxy) is 2. The van der Waals surface area contributed by atoms with Gasteiger partial charge in [-0.15, -0.1) is 0 Å². The molecule has 2 rings (SSSR count). The van der Waals surface area contributed by atoms with Crippen molar-refractivity contribution in [1.29, 1.82) is 0 Å². The molecule has 7 heteroatoms. The average Bonchev–Trinajstić information content (AvgIpc) is 2.47. The van der Waals surface area contributed by atoms with Crippen molar-refractivity contribution in [1.82, 2.24) is 5.32 Å². The maximum atomic E-state index is 12.3. The van der Waals surface area contributed by atoms with Crippen LogP contribution in [0.5, 0.6) is 5.75 Å². The number of aliphatic imine (C=N–C) groups is 1. The summed E-state index contributed by atoms with van der Waals surface area (Å²) in [6, 6.07) is 5.24. The molecule has 118 valence electrons. The van der Waals surface area contributed by atoms with Crippen LogP contribution >= 0.6 is 28.1 Å². The average molecular weight is 385 g/mol. The minimum Gasteiger partial charge on any atom is -0.497 e. The molecular weight excluding hydrogens is 368 g/mol. The van der Waals surface area contributed by atoms with Crippen molar-refractivity contribution in [3.05, 3.63) is 28.2 Å². The van der Waals surface area contributed by atoms with E-state index in [4.69, 9.17) is 21.7 Å². The number of hydrogen-bond donors (Lipinski definition) is 1. The molecule has 0 fully saturated rings. The van der Waals surface area contributed by atoms with Crippen molar-refractivity contribution in [3.8, 4) is 5.75 Å². The van der Waals surface area contributed by atoms with Gasteiger partial charge < -0.3 is 14.8 Å². The van der Waals surface area contributed by atoms with E-state index in [2.05, 4.69) is 26.2 Å². The van der Waals surface area contributed by atoms with E-state index >= 15 is 0 Å². The number of hydrogen-bond acceptors (Lipinski definition) is 4. The van der Waals surface area contributed by atoms with E-state index in [0.717, 1.165) is 10.0 Å². The Hall–Kier alpha value is -1.47. The minimum atomic E-state index is -0.532. The van der Waals surface area contributed by atoms with E-state index in [9.17, 15) is 4.79 Å². The van der Waals surface area contributed by atoms with E-state index in [-0.39, 0.29) is 12.0 Å². The smallest absolute Gasteiger partial charge is 0.317 e. The number of nitrogens with one attached hydrogen (secondary N) is 1. The fourth-order valence-corrected chi connectivity index (χ4v) is 3.17. The van der Waals surface area contributed by atoms with Crippen LogP contribution in [0, 0.1) is 5.92 Å². The Morgan fingerprint density at radius 2 is 2.23 bits per heavy atom. The van der Waals surface area contributed by atoms with Crippen LogP contribution in [0.4, 0.5) is 0 Å². The van der Waals surface area contributed by atoms with Gasteiger partial charge in [-0.05, 0) is 49.8 Å². The lowest BCUT2D eigenvalue weighted by atomic mass is 9.88. The number of methoxy groups -OCH3 is 1. The monoisotopic (exact) mass is 384 g/mol. The first-order valence-corrected chi connectivity index (χ1v) is 8.03. The van der Waals surface area contributed by atoms with Crippen molar-refractivity contribution >= 4 is 44.9 Å². The largest absolute Gasteiger partial charge is 0.497 e. The first kappa shape index (κ1) is 16.9. The molecule has 2 unspecified atom stereocenters. The Kier molecular flexibility index (Phi) is 5.52. The second-order valence-corrected chi connectivity index (χ2v) is 6.04. The van der Waals surface area contributed by atoms with Crippen molar-refractivity contribution in [2.24, 2.45) is 10.9 Å². The van der Waals surface area contributed by atoms with Gasteiger partial charge in [-0.2, -0.15) is 0 Å². The number of carbonyl (C=O) groups excluding carboxylic acids is 1. The van der Waals surface area contributed by atoms with E-state index in [1.54, 1.807) is 21.0 Å². The van der Waals surface area contributed by atoms with Gasteiger partial charge in [0.1, 0.15) is 11.7 Å². The van der Waals surface area contributed by atoms with Gasteiger partial charge in [0.25, 0.3) is 0 Å². The zero-order chi connectivity index (χ0) is 16.3. The molecule has 1 N–H and O–H groups in total. The summed E-state index contributed by atoms with van der Waals surface area (Å²) in [5.41, 5.74) is 1.51. The first-order chi connectivity index (χ1) is 10.5. The third kappa shape index (κ3) is 3.47. The lowest BCUT2D eigenvalue weighted by Crippen LogP contribution is -2.44. The summed E-state index contributed by atoms with van der Waals surface area (Å²) in [6.45, 7) is 3.89. The third-order valence-corrected chi connectivity index (χ3v) is 4.35. The Balaban J connectivity index is 2.48. The summed E-state index contributed by atoms with van der Waals surface area (Å²) in [4.78, 5) is 16.5. The summed E-state index contributed by atoms with van der Waals surface area (Å²) in [6.07, 6.45) is 0. The minimum absolute atomic E-state index is 0.319. The van der Waals surface area contributed by atoms with E-state index in [0.29, 0.717) is 23.2 Å². The van der Waals surface area contributed by atoms with Gasteiger partial charge in [-0.25, -0.2) is 4.99 Å². The highest BCUT2D eigenvalue weighted by molar-refractivity contribution is 9.10. The number of nitrogens with zero attached hydrogens (tertiary/aromatic N) is 1. The Morgan fingerprint density at radius 3 is 2.86 bits per heavy atom. The van der Waals surface area contributed by atoms with Crippen molar-refractivity contribution in [2.45, 2.75) is 19.9 Å². The maximum absolute atomic E-state index is 12.3. The number of esters is 1. The lowest BCUT2D eigenvalue weighted by molar-refractivity contribution is -0.146. The van der Waals surface area contributed by atoms with Crippen LogP contribution in [0.1, 0.15) is 25.5 Å². The molecule has 1 heterocycles. The topological polar surface area (TPSA) is 59.9 Å². The molecule has 0 saturated carbocycles. The van der Waals surface area contributed by atoms with Gasteiger partial charge in [0.05, 0.1) is 19.8 Å². The molecule has 0 amide bonds. The number of benzene rings is 1. The number of rotatable bonds is 4. The fourth-order valence-electron chi connectivity index (χ4n) is 2.40. The highest BCUT2D eigenvalue weighted by Crippen LogP contribution is 2.34. The SMILES string of the molecule is CCOC(=O)C1C(C)=NC(=S)NC1c1cc(OC)ccc1Br. The Bertz CT molecular complexity index is 633. The molecule has 0 spiro atoms. The maximum Gasteiger partial charge on any atom is 0.317 e. The summed E-state index contributed by atoms with van der Waals surface area (Å²) in [5.74, 6) is -0.151. The number of carbonyl (C=O) groups is 1. The van der Waals surface area contributed by atoms with Gasteiger partial charge in [0, 0.05) is 10.2 Å². The molecule has 0 aliphatic carbocycles. The number of halogens is 1. The summed E-state index contributed by atoms with van der Waals surface area (Å²) >= 11 is 8.69. The van der Waals surface area contributed by atoms with Gasteiger partial charge in [0.15, 0.2) is 5.11 Å². The second kappa shape index (κ2) is 7.19. The van der Waals surface area contributed by atoms with Gasteiger partial charge in [-0.1, -0.05) is 15.9 Å². The first-order valence-electron chi connectivity index (χ1n) is 6.83. The highest BCUT2D eigenvalue weighted by atomic mass is 79.9. The fraction of sp³-hybridized carbons (Fsp3) is 0.400. The van der Waals surface area contributed by atoms with Crippen LogP contribution in [0.3, 0.4) is 0 Å². The van der Waals surface area contributed by atoms with E-state index in [1.807, 2.05) is 18.2 Å². The van der Waals surface area contributed by atoms with Gasteiger partial charge >= 0.3 is 5.97 Å². The zero-order valence-electron chi connectivity index (χ0n) is 12.6. The molecule has 0 aromatic heterocycles. The van der Waals surface area contributed by atoms with Crippen LogP contribution in [0.25, 0.3) is 0 Å². The van der Waals surface area contributed by atoms with Crippen LogP contribution in [-0.4, -0.2) is 30.5 Å². The van der Waals surface area contributed by atoms with Crippen LogP contribution in [-0.2, 0) is 9.53 Å². The molecule has 0 bridgehead atoms. The summed E-state index contributed by atoms with van der Waals surface area (Å²) < 4.78 is 11.3. The predicted octanol–water partition coefficient (Wildman–Crippen LogP) is 3.03. The molecular formula is C15H17BrN2O3S. The molecule has 1 aromatic rings. The highest BCUT2D eigenvalue weighted by Gasteiger charge is 2.37. The predicted molar refractivity (Wildman–Crippen MR) is 92.4 cm³/mol. The summed E-state index contributed by atoms with van der Waals surface area (Å²) in [5, 5.41) is 3.46. The summed E-state index contributed by atoms with van der Waals surface area (Å²) in [7, 11) is 1.60. The van der Waals surface area contributed by atoms with Gasteiger partial charge in [-0.3, -0.25) is 4.79 Å². The normalized spacial score (nSPS) is 20.9. The van der Waals surface area contributed by atoms with Crippen molar-refractivity contribution in [2.75, 3.05) is 13.7 Å². The molecule has 22 heavy (non-hydrogen) atoms. The Labute approximate surface area is 143 Å². The van der Waals surface area contributed by atoms with Crippen LogP contribution < -0.4 is 10.1 Å².